The molecule has 20 heavy (non-hydrogen) atoms. The number of halogens is 1. The molecule has 1 aliphatic rings. The maximum absolute atomic E-state index is 12.7. The van der Waals surface area contributed by atoms with Gasteiger partial charge in [0.1, 0.15) is 10.3 Å². The van der Waals surface area contributed by atoms with Gasteiger partial charge in [0.2, 0.25) is 0 Å². The number of thiophene rings is 1. The minimum Gasteiger partial charge on any atom is -0.465 e. The Kier molecular flexibility index (Phi) is 5.22. The maximum Gasteiger partial charge on any atom is 0.324 e. The van der Waals surface area contributed by atoms with Crippen LogP contribution in [0, 0.1) is 0 Å². The van der Waals surface area contributed by atoms with Gasteiger partial charge in [0, 0.05) is 11.0 Å². The van der Waals surface area contributed by atoms with Crippen LogP contribution in [0.1, 0.15) is 26.2 Å². The van der Waals surface area contributed by atoms with Gasteiger partial charge in [0.25, 0.3) is 10.0 Å². The molecule has 2 rings (SSSR count). The van der Waals surface area contributed by atoms with E-state index in [4.69, 9.17) is 4.74 Å². The van der Waals surface area contributed by atoms with Crippen LogP contribution < -0.4 is 0 Å². The van der Waals surface area contributed by atoms with E-state index in [1.54, 1.807) is 18.4 Å². The fourth-order valence-electron chi connectivity index (χ4n) is 2.24. The molecule has 1 atom stereocenters. The number of rotatable bonds is 4. The number of nitrogens with zero attached hydrogens (tertiary/aromatic N) is 1. The Hall–Kier alpha value is -0.440. The second-order valence-electron chi connectivity index (χ2n) is 4.44. The first-order valence-electron chi connectivity index (χ1n) is 6.40. The number of carbonyl (C=O) groups is 1. The van der Waals surface area contributed by atoms with Gasteiger partial charge in [-0.05, 0) is 53.6 Å². The lowest BCUT2D eigenvalue weighted by molar-refractivity contribution is -0.148. The monoisotopic (exact) mass is 381 g/mol. The van der Waals surface area contributed by atoms with Gasteiger partial charge in [-0.15, -0.1) is 11.3 Å². The number of esters is 1. The summed E-state index contributed by atoms with van der Waals surface area (Å²) in [6.45, 7) is 2.33. The molecule has 1 saturated heterocycles. The van der Waals surface area contributed by atoms with Crippen molar-refractivity contribution in [1.29, 1.82) is 0 Å². The Bertz CT molecular complexity index is 584. The number of ether oxygens (including phenoxy) is 1. The summed E-state index contributed by atoms with van der Waals surface area (Å²) >= 11 is 4.39. The van der Waals surface area contributed by atoms with Gasteiger partial charge in [0.15, 0.2) is 0 Å². The average molecular weight is 382 g/mol. The fourth-order valence-corrected chi connectivity index (χ4v) is 6.31. The Morgan fingerprint density at radius 1 is 1.55 bits per heavy atom. The smallest absolute Gasteiger partial charge is 0.324 e. The molecule has 0 N–H and O–H groups in total. The summed E-state index contributed by atoms with van der Waals surface area (Å²) in [6.07, 6.45) is 2.11. The molecule has 0 radical (unpaired) electrons. The number of hydrogen-bond acceptors (Lipinski definition) is 5. The predicted octanol–water partition coefficient (Wildman–Crippen LogP) is 2.62. The van der Waals surface area contributed by atoms with Crippen LogP contribution in [-0.2, 0) is 19.6 Å². The lowest BCUT2D eigenvalue weighted by Gasteiger charge is -2.32. The highest BCUT2D eigenvalue weighted by Crippen LogP contribution is 2.33. The molecule has 0 amide bonds. The topological polar surface area (TPSA) is 63.7 Å². The molecule has 0 spiro atoms. The van der Waals surface area contributed by atoms with Crippen molar-refractivity contribution in [2.75, 3.05) is 13.2 Å². The maximum atomic E-state index is 12.7. The Labute approximate surface area is 131 Å². The van der Waals surface area contributed by atoms with Crippen LogP contribution in [0.2, 0.25) is 0 Å². The largest absolute Gasteiger partial charge is 0.465 e. The van der Waals surface area contributed by atoms with Gasteiger partial charge in [-0.3, -0.25) is 4.79 Å². The van der Waals surface area contributed by atoms with Gasteiger partial charge in [0.05, 0.1) is 6.61 Å². The highest BCUT2D eigenvalue weighted by Gasteiger charge is 2.39. The molecule has 1 aliphatic heterocycles. The van der Waals surface area contributed by atoms with E-state index in [-0.39, 0.29) is 10.8 Å². The highest BCUT2D eigenvalue weighted by atomic mass is 79.9. The zero-order chi connectivity index (χ0) is 14.8. The third-order valence-corrected chi connectivity index (χ3v) is 7.70. The van der Waals surface area contributed by atoms with Crippen molar-refractivity contribution in [2.45, 2.75) is 36.4 Å². The Morgan fingerprint density at radius 2 is 2.30 bits per heavy atom. The fraction of sp³-hybridized carbons (Fsp3) is 0.583. The molecule has 0 bridgehead atoms. The highest BCUT2D eigenvalue weighted by molar-refractivity contribution is 9.10. The van der Waals surface area contributed by atoms with Crippen LogP contribution in [0.5, 0.6) is 0 Å². The minimum atomic E-state index is -3.66. The van der Waals surface area contributed by atoms with Crippen molar-refractivity contribution < 1.29 is 17.9 Å². The molecule has 0 aliphatic carbocycles. The zero-order valence-corrected chi connectivity index (χ0v) is 14.3. The summed E-state index contributed by atoms with van der Waals surface area (Å²) in [5.41, 5.74) is 0. The van der Waals surface area contributed by atoms with Crippen molar-refractivity contribution >= 4 is 43.3 Å². The van der Waals surface area contributed by atoms with E-state index < -0.39 is 22.0 Å². The predicted molar refractivity (Wildman–Crippen MR) is 80.2 cm³/mol. The van der Waals surface area contributed by atoms with Gasteiger partial charge < -0.3 is 4.74 Å². The number of sulfonamides is 1. The minimum absolute atomic E-state index is 0.244. The first-order valence-corrected chi connectivity index (χ1v) is 9.51. The molecular formula is C12H16BrNO4S2. The summed E-state index contributed by atoms with van der Waals surface area (Å²) in [6, 6.07) is 0.989. The molecule has 0 aromatic carbocycles. The normalized spacial score (nSPS) is 20.8. The third kappa shape index (κ3) is 3.08. The van der Waals surface area contributed by atoms with E-state index in [2.05, 4.69) is 15.9 Å². The summed E-state index contributed by atoms with van der Waals surface area (Å²) in [5, 5.41) is 1.71. The van der Waals surface area contributed by atoms with Gasteiger partial charge >= 0.3 is 5.97 Å². The molecule has 2 heterocycles. The average Bonchev–Trinajstić information content (AvgIpc) is 2.86. The van der Waals surface area contributed by atoms with E-state index >= 15 is 0 Å². The standard InChI is InChI=1S/C12H16BrNO4S2/c1-2-18-11(15)10-5-3-4-7-14(10)20(16,17)12-9(13)6-8-19-12/h6,8,10H,2-5,7H2,1H3. The van der Waals surface area contributed by atoms with Gasteiger partial charge in [-0.2, -0.15) is 4.31 Å². The number of hydrogen-bond donors (Lipinski definition) is 0. The Morgan fingerprint density at radius 3 is 2.90 bits per heavy atom. The van der Waals surface area contributed by atoms with Gasteiger partial charge in [-0.25, -0.2) is 8.42 Å². The van der Waals surface area contributed by atoms with Crippen LogP contribution >= 0.6 is 27.3 Å². The first-order chi connectivity index (χ1) is 9.48. The second-order valence-corrected chi connectivity index (χ2v) is 8.29. The molecule has 112 valence electrons. The van der Waals surface area contributed by atoms with E-state index in [9.17, 15) is 13.2 Å². The zero-order valence-electron chi connectivity index (χ0n) is 11.0. The molecule has 1 unspecified atom stereocenters. The molecule has 1 aromatic heterocycles. The van der Waals surface area contributed by atoms with Crippen LogP contribution in [0.3, 0.4) is 0 Å². The lowest BCUT2D eigenvalue weighted by atomic mass is 10.1. The molecule has 5 nitrogen and oxygen atoms in total. The number of carbonyl (C=O) groups excluding carboxylic acids is 1. The third-order valence-electron chi connectivity index (χ3n) is 3.14. The van der Waals surface area contributed by atoms with E-state index in [1.165, 1.54) is 4.31 Å². The SMILES string of the molecule is CCOC(=O)C1CCCCN1S(=O)(=O)c1sccc1Br. The summed E-state index contributed by atoms with van der Waals surface area (Å²) in [7, 11) is -3.66. The van der Waals surface area contributed by atoms with Crippen LogP contribution in [0.15, 0.2) is 20.1 Å². The summed E-state index contributed by atoms with van der Waals surface area (Å²) < 4.78 is 32.4. The van der Waals surface area contributed by atoms with Crippen LogP contribution in [0.25, 0.3) is 0 Å². The van der Waals surface area contributed by atoms with Crippen molar-refractivity contribution in [1.82, 2.24) is 4.31 Å². The molecular weight excluding hydrogens is 366 g/mol. The second kappa shape index (κ2) is 6.55. The van der Waals surface area contributed by atoms with Crippen molar-refractivity contribution in [3.05, 3.63) is 15.9 Å². The molecule has 0 saturated carbocycles. The molecule has 1 aromatic rings. The Balaban J connectivity index is 2.32. The quantitative estimate of drug-likeness (QED) is 0.751. The van der Waals surface area contributed by atoms with E-state index in [1.807, 2.05) is 0 Å². The van der Waals surface area contributed by atoms with Crippen molar-refractivity contribution in [3.8, 4) is 0 Å². The van der Waals surface area contributed by atoms with Gasteiger partial charge in [-0.1, -0.05) is 0 Å². The first kappa shape index (κ1) is 15.9. The van der Waals surface area contributed by atoms with Crippen molar-refractivity contribution in [3.63, 3.8) is 0 Å². The lowest BCUT2D eigenvalue weighted by Crippen LogP contribution is -2.48. The molecule has 8 heteroatoms. The number of piperidine rings is 1. The molecule has 1 fully saturated rings. The van der Waals surface area contributed by atoms with E-state index in [0.29, 0.717) is 17.4 Å². The van der Waals surface area contributed by atoms with E-state index in [0.717, 1.165) is 24.2 Å². The van der Waals surface area contributed by atoms with Crippen LogP contribution in [0.4, 0.5) is 0 Å². The summed E-state index contributed by atoms with van der Waals surface area (Å²) in [4.78, 5) is 12.0. The summed E-state index contributed by atoms with van der Waals surface area (Å²) in [5.74, 6) is -0.455. The van der Waals surface area contributed by atoms with Crippen LogP contribution in [-0.4, -0.2) is 37.9 Å². The van der Waals surface area contributed by atoms with Crippen molar-refractivity contribution in [2.24, 2.45) is 0 Å².